The van der Waals surface area contributed by atoms with E-state index in [2.05, 4.69) is 22.2 Å². The molecule has 0 bridgehead atoms. The molecule has 0 fully saturated rings. The van der Waals surface area contributed by atoms with Crippen molar-refractivity contribution in [2.75, 3.05) is 21.3 Å². The fourth-order valence-corrected chi connectivity index (χ4v) is 3.73. The van der Waals surface area contributed by atoms with E-state index in [0.717, 1.165) is 12.1 Å². The van der Waals surface area contributed by atoms with E-state index in [0.29, 0.717) is 45.9 Å². The monoisotopic (exact) mass is 492 g/mol. The van der Waals surface area contributed by atoms with Crippen LogP contribution in [0.4, 0.5) is 0 Å². The quantitative estimate of drug-likeness (QED) is 0.312. The molecule has 0 aliphatic carbocycles. The van der Waals surface area contributed by atoms with Crippen LogP contribution in [0.1, 0.15) is 40.1 Å². The molecule has 0 spiro atoms. The second-order valence-electron chi connectivity index (χ2n) is 7.97. The first-order chi connectivity index (χ1) is 17.4. The van der Waals surface area contributed by atoms with Crippen molar-refractivity contribution in [1.82, 2.24) is 20.0 Å². The predicted molar refractivity (Wildman–Crippen MR) is 131 cm³/mol. The summed E-state index contributed by atoms with van der Waals surface area (Å²) in [6, 6.07) is 11.4. The average Bonchev–Trinajstić information content (AvgIpc) is 3.48. The summed E-state index contributed by atoms with van der Waals surface area (Å²) in [5, 5.41) is 8.15. The predicted octanol–water partition coefficient (Wildman–Crippen LogP) is 4.48. The number of carbonyl (C=O) groups is 1. The Hall–Kier alpha value is -4.34. The van der Waals surface area contributed by atoms with Crippen molar-refractivity contribution in [2.24, 2.45) is 0 Å². The minimum Gasteiger partial charge on any atom is -0.493 e. The van der Waals surface area contributed by atoms with Crippen LogP contribution < -0.4 is 14.2 Å². The number of esters is 1. The standard InChI is InChI=1S/C26H28N4O6/c1-7-17-8-10-19(11-9-17)30-15(2)23(28-29-30)26(31)35-14-20-16(3)36-25(27-20)18-12-21(32-4)24(34-6)22(13-18)33-5/h8-13H,7,14H2,1-6H3. The molecule has 0 amide bonds. The normalized spacial score (nSPS) is 10.8. The van der Waals surface area contributed by atoms with Gasteiger partial charge >= 0.3 is 5.97 Å². The number of hydrogen-bond acceptors (Lipinski definition) is 9. The highest BCUT2D eigenvalue weighted by Crippen LogP contribution is 2.41. The molecule has 2 heterocycles. The summed E-state index contributed by atoms with van der Waals surface area (Å²) in [5.41, 5.74) is 3.86. The third kappa shape index (κ3) is 4.74. The first-order valence-electron chi connectivity index (χ1n) is 11.4. The van der Waals surface area contributed by atoms with Crippen LogP contribution >= 0.6 is 0 Å². The highest BCUT2D eigenvalue weighted by molar-refractivity contribution is 5.88. The fraction of sp³-hybridized carbons (Fsp3) is 0.308. The molecule has 0 atom stereocenters. The van der Waals surface area contributed by atoms with Crippen LogP contribution in [-0.4, -0.2) is 47.3 Å². The summed E-state index contributed by atoms with van der Waals surface area (Å²) >= 11 is 0. The van der Waals surface area contributed by atoms with Gasteiger partial charge in [-0.1, -0.05) is 24.3 Å². The Kier molecular flexibility index (Phi) is 7.23. The van der Waals surface area contributed by atoms with E-state index in [1.165, 1.54) is 26.9 Å². The van der Waals surface area contributed by atoms with Gasteiger partial charge in [0.15, 0.2) is 17.2 Å². The molecular weight excluding hydrogens is 464 g/mol. The van der Waals surface area contributed by atoms with Gasteiger partial charge in [-0.25, -0.2) is 14.5 Å². The van der Waals surface area contributed by atoms with Gasteiger partial charge in [-0.15, -0.1) is 5.10 Å². The lowest BCUT2D eigenvalue weighted by Gasteiger charge is -2.12. The summed E-state index contributed by atoms with van der Waals surface area (Å²) in [6.45, 7) is 5.53. The number of hydrogen-bond donors (Lipinski definition) is 0. The molecule has 0 unspecified atom stereocenters. The van der Waals surface area contributed by atoms with Gasteiger partial charge in [-0.05, 0) is 50.1 Å². The lowest BCUT2D eigenvalue weighted by Crippen LogP contribution is -2.09. The van der Waals surface area contributed by atoms with E-state index in [1.807, 2.05) is 24.3 Å². The number of aromatic nitrogens is 4. The van der Waals surface area contributed by atoms with E-state index in [-0.39, 0.29) is 12.3 Å². The number of aryl methyl sites for hydroxylation is 2. The Bertz CT molecular complexity index is 1350. The molecule has 4 rings (SSSR count). The summed E-state index contributed by atoms with van der Waals surface area (Å²) in [6.07, 6.45) is 0.941. The van der Waals surface area contributed by atoms with E-state index >= 15 is 0 Å². The van der Waals surface area contributed by atoms with Gasteiger partial charge in [-0.3, -0.25) is 0 Å². The number of carbonyl (C=O) groups excluding carboxylic acids is 1. The van der Waals surface area contributed by atoms with Gasteiger partial charge in [0.1, 0.15) is 18.1 Å². The van der Waals surface area contributed by atoms with Crippen LogP contribution in [0.15, 0.2) is 40.8 Å². The Labute approximate surface area is 208 Å². The third-order valence-corrected chi connectivity index (χ3v) is 5.82. The zero-order valence-electron chi connectivity index (χ0n) is 21.1. The number of rotatable bonds is 9. The zero-order chi connectivity index (χ0) is 25.8. The van der Waals surface area contributed by atoms with Crippen LogP contribution in [0, 0.1) is 13.8 Å². The lowest BCUT2D eigenvalue weighted by molar-refractivity contribution is 0.0459. The molecule has 0 N–H and O–H groups in total. The van der Waals surface area contributed by atoms with Gasteiger partial charge in [0.25, 0.3) is 0 Å². The van der Waals surface area contributed by atoms with Crippen molar-refractivity contribution in [3.8, 4) is 34.4 Å². The van der Waals surface area contributed by atoms with Gasteiger partial charge < -0.3 is 23.4 Å². The van der Waals surface area contributed by atoms with Crippen molar-refractivity contribution in [3.63, 3.8) is 0 Å². The first kappa shape index (κ1) is 24.8. The first-order valence-corrected chi connectivity index (χ1v) is 11.4. The maximum absolute atomic E-state index is 12.8. The molecule has 10 heteroatoms. The van der Waals surface area contributed by atoms with Crippen molar-refractivity contribution in [2.45, 2.75) is 33.8 Å². The van der Waals surface area contributed by atoms with Crippen molar-refractivity contribution >= 4 is 5.97 Å². The minimum absolute atomic E-state index is 0.0872. The summed E-state index contributed by atoms with van der Waals surface area (Å²) in [5.74, 6) is 1.65. The summed E-state index contributed by atoms with van der Waals surface area (Å²) < 4.78 is 29.1. The van der Waals surface area contributed by atoms with E-state index < -0.39 is 5.97 Å². The molecule has 0 saturated heterocycles. The second-order valence-corrected chi connectivity index (χ2v) is 7.97. The Morgan fingerprint density at radius 1 is 1.00 bits per heavy atom. The van der Waals surface area contributed by atoms with E-state index in [1.54, 1.807) is 30.7 Å². The summed E-state index contributed by atoms with van der Waals surface area (Å²) in [4.78, 5) is 17.3. The smallest absolute Gasteiger partial charge is 0.361 e. The maximum Gasteiger partial charge on any atom is 0.361 e. The average molecular weight is 493 g/mol. The molecule has 0 saturated carbocycles. The van der Waals surface area contributed by atoms with Crippen LogP contribution in [0.2, 0.25) is 0 Å². The highest BCUT2D eigenvalue weighted by atomic mass is 16.5. The molecule has 188 valence electrons. The van der Waals surface area contributed by atoms with Crippen LogP contribution in [-0.2, 0) is 17.8 Å². The van der Waals surface area contributed by atoms with Gasteiger partial charge in [0.2, 0.25) is 11.6 Å². The van der Waals surface area contributed by atoms with Crippen LogP contribution in [0.5, 0.6) is 17.2 Å². The molecule has 36 heavy (non-hydrogen) atoms. The molecule has 0 radical (unpaired) electrons. The molecular formula is C26H28N4O6. The van der Waals surface area contributed by atoms with Gasteiger partial charge in [0, 0.05) is 5.56 Å². The van der Waals surface area contributed by atoms with Crippen molar-refractivity contribution < 1.29 is 28.2 Å². The number of ether oxygens (including phenoxy) is 4. The maximum atomic E-state index is 12.8. The van der Waals surface area contributed by atoms with Crippen molar-refractivity contribution in [1.29, 1.82) is 0 Å². The van der Waals surface area contributed by atoms with Crippen LogP contribution in [0.3, 0.4) is 0 Å². The number of benzene rings is 2. The fourth-order valence-electron chi connectivity index (χ4n) is 3.73. The molecule has 10 nitrogen and oxygen atoms in total. The Morgan fingerprint density at radius 2 is 1.67 bits per heavy atom. The second kappa shape index (κ2) is 10.5. The molecule has 4 aromatic rings. The lowest BCUT2D eigenvalue weighted by atomic mass is 10.1. The van der Waals surface area contributed by atoms with Crippen molar-refractivity contribution in [3.05, 3.63) is 64.8 Å². The largest absolute Gasteiger partial charge is 0.493 e. The van der Waals surface area contributed by atoms with Gasteiger partial charge in [-0.2, -0.15) is 0 Å². The molecule has 2 aromatic heterocycles. The molecule has 2 aromatic carbocycles. The summed E-state index contributed by atoms with van der Waals surface area (Å²) in [7, 11) is 4.60. The molecule has 0 aliphatic rings. The number of methoxy groups -OCH3 is 3. The Balaban J connectivity index is 1.51. The van der Waals surface area contributed by atoms with E-state index in [4.69, 9.17) is 23.4 Å². The van der Waals surface area contributed by atoms with Crippen LogP contribution in [0.25, 0.3) is 17.1 Å². The highest BCUT2D eigenvalue weighted by Gasteiger charge is 2.22. The van der Waals surface area contributed by atoms with Gasteiger partial charge in [0.05, 0.1) is 32.7 Å². The Morgan fingerprint density at radius 3 is 2.25 bits per heavy atom. The van der Waals surface area contributed by atoms with E-state index in [9.17, 15) is 4.79 Å². The third-order valence-electron chi connectivity index (χ3n) is 5.82. The SMILES string of the molecule is CCc1ccc(-n2nnc(C(=O)OCc3nc(-c4cc(OC)c(OC)c(OC)c4)oc3C)c2C)cc1. The zero-order valence-corrected chi connectivity index (χ0v) is 21.1. The number of oxazole rings is 1. The molecule has 0 aliphatic heterocycles. The number of nitrogens with zero attached hydrogens (tertiary/aromatic N) is 4. The minimum atomic E-state index is -0.597. The topological polar surface area (TPSA) is 111 Å².